The lowest BCUT2D eigenvalue weighted by atomic mass is 9.85. The zero-order valence-electron chi connectivity index (χ0n) is 11.6. The predicted octanol–water partition coefficient (Wildman–Crippen LogP) is 2.14. The molecule has 3 rings (SSSR count). The van der Waals surface area contributed by atoms with Crippen molar-refractivity contribution >= 4 is 5.91 Å². The Bertz CT molecular complexity index is 654. The summed E-state index contributed by atoms with van der Waals surface area (Å²) in [6.07, 6.45) is 5.73. The van der Waals surface area contributed by atoms with Gasteiger partial charge in [0.1, 0.15) is 5.82 Å². The molecule has 0 N–H and O–H groups in total. The summed E-state index contributed by atoms with van der Waals surface area (Å²) < 4.78 is 18.3. The quantitative estimate of drug-likeness (QED) is 0.862. The highest BCUT2D eigenvalue weighted by Crippen LogP contribution is 2.35. The van der Waals surface area contributed by atoms with Crippen molar-refractivity contribution in [2.75, 3.05) is 7.05 Å². The van der Waals surface area contributed by atoms with E-state index in [9.17, 15) is 9.18 Å². The second kappa shape index (κ2) is 5.59. The molecule has 1 aliphatic rings. The van der Waals surface area contributed by atoms with Crippen LogP contribution >= 0.6 is 0 Å². The first-order chi connectivity index (χ1) is 10.1. The van der Waals surface area contributed by atoms with Gasteiger partial charge in [-0.25, -0.2) is 4.39 Å². The molecule has 0 aromatic carbocycles. The Kier molecular flexibility index (Phi) is 3.64. The van der Waals surface area contributed by atoms with Crippen LogP contribution < -0.4 is 0 Å². The monoisotopic (exact) mass is 290 g/mol. The number of halogens is 1. The number of nitrogens with zero attached hydrogens (tertiary/aromatic N) is 4. The number of rotatable bonds is 4. The molecular formula is C14H15FN4O2. The van der Waals surface area contributed by atoms with Gasteiger partial charge in [0.25, 0.3) is 5.91 Å². The third kappa shape index (κ3) is 2.91. The van der Waals surface area contributed by atoms with Crippen molar-refractivity contribution in [2.24, 2.45) is 0 Å². The molecule has 0 aliphatic heterocycles. The minimum absolute atomic E-state index is 0.195. The van der Waals surface area contributed by atoms with Crippen LogP contribution in [0.5, 0.6) is 0 Å². The summed E-state index contributed by atoms with van der Waals surface area (Å²) in [5.41, 5.74) is 0.195. The molecule has 1 fully saturated rings. The Labute approximate surface area is 121 Å². The molecule has 21 heavy (non-hydrogen) atoms. The largest absolute Gasteiger partial charge is 0.339 e. The van der Waals surface area contributed by atoms with E-state index in [0.717, 1.165) is 25.1 Å². The smallest absolute Gasteiger partial charge is 0.255 e. The summed E-state index contributed by atoms with van der Waals surface area (Å²) in [5, 5.41) is 3.88. The molecule has 1 saturated carbocycles. The van der Waals surface area contributed by atoms with Crippen LogP contribution in [0.25, 0.3) is 0 Å². The van der Waals surface area contributed by atoms with E-state index in [0.29, 0.717) is 17.6 Å². The van der Waals surface area contributed by atoms with E-state index in [2.05, 4.69) is 15.1 Å². The van der Waals surface area contributed by atoms with Crippen LogP contribution in [0, 0.1) is 5.82 Å². The van der Waals surface area contributed by atoms with Gasteiger partial charge in [-0.1, -0.05) is 11.6 Å². The number of hydrogen-bond donors (Lipinski definition) is 0. The number of hydrogen-bond acceptors (Lipinski definition) is 5. The first kappa shape index (κ1) is 13.7. The highest BCUT2D eigenvalue weighted by atomic mass is 19.1. The van der Waals surface area contributed by atoms with Crippen molar-refractivity contribution in [1.82, 2.24) is 20.0 Å². The van der Waals surface area contributed by atoms with E-state index in [4.69, 9.17) is 4.52 Å². The second-order valence-electron chi connectivity index (χ2n) is 5.23. The Morgan fingerprint density at radius 1 is 1.48 bits per heavy atom. The SMILES string of the molecule is CN(Cc1noc(C2CCC2)n1)C(=O)c1cncc(F)c1. The lowest BCUT2D eigenvalue weighted by Gasteiger charge is -2.20. The van der Waals surface area contributed by atoms with Crippen molar-refractivity contribution in [3.63, 3.8) is 0 Å². The molecule has 0 spiro atoms. The van der Waals surface area contributed by atoms with E-state index >= 15 is 0 Å². The summed E-state index contributed by atoms with van der Waals surface area (Å²) in [6.45, 7) is 0.214. The molecule has 0 unspecified atom stereocenters. The van der Waals surface area contributed by atoms with Gasteiger partial charge in [-0.15, -0.1) is 0 Å². The van der Waals surface area contributed by atoms with E-state index in [1.165, 1.54) is 17.5 Å². The summed E-state index contributed by atoms with van der Waals surface area (Å²) in [6, 6.07) is 1.15. The highest BCUT2D eigenvalue weighted by Gasteiger charge is 2.26. The van der Waals surface area contributed by atoms with Gasteiger partial charge >= 0.3 is 0 Å². The third-order valence-electron chi connectivity index (χ3n) is 3.62. The Morgan fingerprint density at radius 3 is 2.95 bits per heavy atom. The molecule has 110 valence electrons. The van der Waals surface area contributed by atoms with Crippen LogP contribution in [0.2, 0.25) is 0 Å². The summed E-state index contributed by atoms with van der Waals surface area (Å²) in [7, 11) is 1.60. The Balaban J connectivity index is 1.66. The van der Waals surface area contributed by atoms with Gasteiger partial charge in [0.05, 0.1) is 18.3 Å². The Hall–Kier alpha value is -2.31. The van der Waals surface area contributed by atoms with Gasteiger partial charge in [-0.3, -0.25) is 9.78 Å². The highest BCUT2D eigenvalue weighted by molar-refractivity contribution is 5.93. The summed E-state index contributed by atoms with van der Waals surface area (Å²) in [5.74, 6) is 0.583. The van der Waals surface area contributed by atoms with Crippen LogP contribution in [-0.4, -0.2) is 33.0 Å². The molecule has 2 aromatic heterocycles. The Morgan fingerprint density at radius 2 is 2.29 bits per heavy atom. The maximum Gasteiger partial charge on any atom is 0.255 e. The molecule has 0 saturated heterocycles. The molecule has 0 atom stereocenters. The van der Waals surface area contributed by atoms with Gasteiger partial charge in [-0.2, -0.15) is 4.98 Å². The first-order valence-electron chi connectivity index (χ1n) is 6.82. The van der Waals surface area contributed by atoms with Crippen molar-refractivity contribution in [3.8, 4) is 0 Å². The normalized spacial score (nSPS) is 14.8. The zero-order chi connectivity index (χ0) is 14.8. The fourth-order valence-electron chi connectivity index (χ4n) is 2.19. The van der Waals surface area contributed by atoms with Crippen LogP contribution in [0.1, 0.15) is 47.3 Å². The number of amides is 1. The predicted molar refractivity (Wildman–Crippen MR) is 70.9 cm³/mol. The van der Waals surface area contributed by atoms with Crippen molar-refractivity contribution in [1.29, 1.82) is 0 Å². The maximum atomic E-state index is 13.1. The van der Waals surface area contributed by atoms with E-state index < -0.39 is 5.82 Å². The number of carbonyl (C=O) groups excluding carboxylic acids is 1. The molecule has 1 amide bonds. The van der Waals surface area contributed by atoms with Gasteiger partial charge in [0.15, 0.2) is 5.82 Å². The van der Waals surface area contributed by atoms with Gasteiger partial charge in [-0.05, 0) is 18.9 Å². The molecular weight excluding hydrogens is 275 g/mol. The molecule has 0 radical (unpaired) electrons. The van der Waals surface area contributed by atoms with E-state index in [1.54, 1.807) is 7.05 Å². The molecule has 6 nitrogen and oxygen atoms in total. The van der Waals surface area contributed by atoms with Crippen LogP contribution in [0.3, 0.4) is 0 Å². The van der Waals surface area contributed by atoms with Crippen LogP contribution in [0.4, 0.5) is 4.39 Å². The minimum atomic E-state index is -0.541. The molecule has 7 heteroatoms. The summed E-state index contributed by atoms with van der Waals surface area (Å²) >= 11 is 0. The topological polar surface area (TPSA) is 72.1 Å². The van der Waals surface area contributed by atoms with Crippen LogP contribution in [0.15, 0.2) is 23.0 Å². The average molecular weight is 290 g/mol. The van der Waals surface area contributed by atoms with Crippen molar-refractivity contribution in [3.05, 3.63) is 41.6 Å². The zero-order valence-corrected chi connectivity index (χ0v) is 11.6. The lowest BCUT2D eigenvalue weighted by molar-refractivity contribution is 0.0779. The molecule has 0 bridgehead atoms. The standard InChI is InChI=1S/C14H15FN4O2/c1-19(14(20)10-5-11(15)7-16-6-10)8-12-17-13(21-18-12)9-3-2-4-9/h5-7,9H,2-4,8H2,1H3. The first-order valence-corrected chi connectivity index (χ1v) is 6.82. The van der Waals surface area contributed by atoms with Crippen LogP contribution in [-0.2, 0) is 6.54 Å². The maximum absolute atomic E-state index is 13.1. The fraction of sp³-hybridized carbons (Fsp3) is 0.429. The third-order valence-corrected chi connectivity index (χ3v) is 3.62. The average Bonchev–Trinajstić information content (AvgIpc) is 2.84. The van der Waals surface area contributed by atoms with E-state index in [-0.39, 0.29) is 18.0 Å². The van der Waals surface area contributed by atoms with Crippen molar-refractivity contribution < 1.29 is 13.7 Å². The minimum Gasteiger partial charge on any atom is -0.339 e. The van der Waals surface area contributed by atoms with E-state index in [1.807, 2.05) is 0 Å². The lowest BCUT2D eigenvalue weighted by Crippen LogP contribution is -2.27. The summed E-state index contributed by atoms with van der Waals surface area (Å²) in [4.78, 5) is 21.5. The fourth-order valence-corrected chi connectivity index (χ4v) is 2.19. The number of aromatic nitrogens is 3. The van der Waals surface area contributed by atoms with Crippen molar-refractivity contribution in [2.45, 2.75) is 31.7 Å². The second-order valence-corrected chi connectivity index (χ2v) is 5.23. The molecule has 2 aromatic rings. The van der Waals surface area contributed by atoms with Gasteiger partial charge in [0.2, 0.25) is 5.89 Å². The molecule has 2 heterocycles. The number of carbonyl (C=O) groups is 1. The van der Waals surface area contributed by atoms with Gasteiger partial charge in [0, 0.05) is 19.2 Å². The molecule has 1 aliphatic carbocycles. The van der Waals surface area contributed by atoms with Gasteiger partial charge < -0.3 is 9.42 Å². The number of pyridine rings is 1.